The highest BCUT2D eigenvalue weighted by Crippen LogP contribution is 2.31. The highest BCUT2D eigenvalue weighted by molar-refractivity contribution is 9.10. The lowest BCUT2D eigenvalue weighted by atomic mass is 10.1. The maximum absolute atomic E-state index is 5.53. The molecule has 0 saturated carbocycles. The number of aromatic nitrogens is 1. The molecule has 0 spiro atoms. The van der Waals surface area contributed by atoms with Crippen LogP contribution in [0.3, 0.4) is 0 Å². The molecule has 2 aromatic carbocycles. The summed E-state index contributed by atoms with van der Waals surface area (Å²) in [7, 11) is 0. The molecule has 0 amide bonds. The van der Waals surface area contributed by atoms with Gasteiger partial charge >= 0.3 is 6.01 Å². The highest BCUT2D eigenvalue weighted by atomic mass is 79.9. The Labute approximate surface area is 143 Å². The summed E-state index contributed by atoms with van der Waals surface area (Å²) in [6.07, 6.45) is 5.51. The van der Waals surface area contributed by atoms with Crippen molar-refractivity contribution in [2.24, 2.45) is 4.99 Å². The van der Waals surface area contributed by atoms with Crippen LogP contribution >= 0.6 is 15.9 Å². The van der Waals surface area contributed by atoms with Gasteiger partial charge in [0.2, 0.25) is 0 Å². The highest BCUT2D eigenvalue weighted by Gasteiger charge is 2.11. The molecule has 1 heterocycles. The summed E-state index contributed by atoms with van der Waals surface area (Å²) in [5.41, 5.74) is 4.07. The third-order valence-corrected chi connectivity index (χ3v) is 3.80. The van der Waals surface area contributed by atoms with Gasteiger partial charge in [-0.25, -0.2) is 4.99 Å². The fourth-order valence-electron chi connectivity index (χ4n) is 2.06. The number of rotatable bonds is 4. The summed E-state index contributed by atoms with van der Waals surface area (Å²) >= 11 is 3.40. The van der Waals surface area contributed by atoms with Crippen LogP contribution in [-0.4, -0.2) is 11.2 Å². The molecule has 0 saturated heterocycles. The normalized spacial score (nSPS) is 11.6. The van der Waals surface area contributed by atoms with Gasteiger partial charge in [-0.3, -0.25) is 0 Å². The number of oxazole rings is 1. The van der Waals surface area contributed by atoms with Gasteiger partial charge in [-0.1, -0.05) is 66.2 Å². The Kier molecular flexibility index (Phi) is 4.83. The van der Waals surface area contributed by atoms with Crippen LogP contribution in [0.15, 0.2) is 74.8 Å². The van der Waals surface area contributed by atoms with Gasteiger partial charge in [0.1, 0.15) is 5.69 Å². The maximum Gasteiger partial charge on any atom is 0.323 e. The molecule has 0 N–H and O–H groups in total. The molecule has 23 heavy (non-hydrogen) atoms. The van der Waals surface area contributed by atoms with Gasteiger partial charge in [0.25, 0.3) is 0 Å². The van der Waals surface area contributed by atoms with Crippen molar-refractivity contribution in [2.75, 3.05) is 0 Å². The summed E-state index contributed by atoms with van der Waals surface area (Å²) in [5, 5.41) is 0. The van der Waals surface area contributed by atoms with Gasteiger partial charge in [-0.2, -0.15) is 4.98 Å². The monoisotopic (exact) mass is 366 g/mol. The van der Waals surface area contributed by atoms with Crippen molar-refractivity contribution < 1.29 is 4.42 Å². The van der Waals surface area contributed by atoms with Crippen molar-refractivity contribution >= 4 is 34.2 Å². The molecular weight excluding hydrogens is 352 g/mol. The van der Waals surface area contributed by atoms with E-state index < -0.39 is 0 Å². The zero-order chi connectivity index (χ0) is 16.1. The molecule has 0 aliphatic carbocycles. The minimum Gasteiger partial charge on any atom is -0.414 e. The molecule has 114 valence electrons. The second kappa shape index (κ2) is 7.20. The van der Waals surface area contributed by atoms with Crippen LogP contribution in [0, 0.1) is 6.92 Å². The van der Waals surface area contributed by atoms with E-state index in [-0.39, 0.29) is 0 Å². The molecule has 0 unspecified atom stereocenters. The van der Waals surface area contributed by atoms with Crippen molar-refractivity contribution in [3.63, 3.8) is 0 Å². The quantitative estimate of drug-likeness (QED) is 0.545. The zero-order valence-electron chi connectivity index (χ0n) is 12.6. The molecular formula is C19H15BrN2O. The molecule has 0 bridgehead atoms. The molecule has 4 heteroatoms. The van der Waals surface area contributed by atoms with Crippen LogP contribution in [-0.2, 0) is 0 Å². The van der Waals surface area contributed by atoms with Crippen molar-refractivity contribution in [1.29, 1.82) is 0 Å². The van der Waals surface area contributed by atoms with E-state index >= 15 is 0 Å². The molecule has 0 atom stereocenters. The number of hydrogen-bond acceptors (Lipinski definition) is 3. The summed E-state index contributed by atoms with van der Waals surface area (Å²) in [5.74, 6) is 0. The topological polar surface area (TPSA) is 38.4 Å². The third-order valence-electron chi connectivity index (χ3n) is 3.26. The van der Waals surface area contributed by atoms with Gasteiger partial charge in [-0.15, -0.1) is 0 Å². The number of nitrogens with zero attached hydrogens (tertiary/aromatic N) is 2. The summed E-state index contributed by atoms with van der Waals surface area (Å²) in [6, 6.07) is 18.5. The fraction of sp³-hybridized carbons (Fsp3) is 0.0526. The Hall–Kier alpha value is -2.46. The van der Waals surface area contributed by atoms with E-state index in [9.17, 15) is 0 Å². The standard InChI is InChI=1S/C19H15BrN2O/c1-14-9-11-16(12-10-14)17-18(20)23-19(22-17)21-13-5-8-15-6-3-2-4-7-15/h2-13H,1H3/b8-5+,21-13+. The van der Waals surface area contributed by atoms with E-state index in [4.69, 9.17) is 4.42 Å². The Morgan fingerprint density at radius 3 is 2.52 bits per heavy atom. The molecule has 3 rings (SSSR count). The Balaban J connectivity index is 1.74. The molecule has 3 aromatic rings. The first kappa shape index (κ1) is 15.4. The smallest absolute Gasteiger partial charge is 0.323 e. The Bertz CT molecular complexity index is 834. The lowest BCUT2D eigenvalue weighted by Gasteiger charge is -1.96. The second-order valence-electron chi connectivity index (χ2n) is 5.03. The number of allylic oxidation sites excluding steroid dienone is 1. The van der Waals surface area contributed by atoms with Crippen LogP contribution in [0.1, 0.15) is 11.1 Å². The minimum atomic E-state index is 0.324. The average Bonchev–Trinajstić information content (AvgIpc) is 2.94. The van der Waals surface area contributed by atoms with E-state index in [1.807, 2.05) is 66.7 Å². The third kappa shape index (κ3) is 4.05. The molecule has 0 aliphatic rings. The SMILES string of the molecule is Cc1ccc(-c2nc(/N=C/C=C/c3ccccc3)oc2Br)cc1. The van der Waals surface area contributed by atoms with Crippen LogP contribution < -0.4 is 0 Å². The molecule has 1 aromatic heterocycles. The van der Waals surface area contributed by atoms with E-state index in [0.29, 0.717) is 10.7 Å². The van der Waals surface area contributed by atoms with E-state index in [2.05, 4.69) is 32.8 Å². The first-order chi connectivity index (χ1) is 11.2. The maximum atomic E-state index is 5.53. The molecule has 0 aliphatic heterocycles. The van der Waals surface area contributed by atoms with Crippen molar-refractivity contribution in [1.82, 2.24) is 4.98 Å². The fourth-order valence-corrected chi connectivity index (χ4v) is 2.52. The van der Waals surface area contributed by atoms with E-state index in [0.717, 1.165) is 16.8 Å². The number of aryl methyl sites for hydroxylation is 1. The number of halogens is 1. The van der Waals surface area contributed by atoms with Crippen molar-refractivity contribution in [2.45, 2.75) is 6.92 Å². The first-order valence-corrected chi connectivity index (χ1v) is 8.01. The number of aliphatic imine (C=N–C) groups is 1. The predicted octanol–water partition coefficient (Wildman–Crippen LogP) is 5.83. The van der Waals surface area contributed by atoms with E-state index in [1.54, 1.807) is 6.21 Å². The van der Waals surface area contributed by atoms with Crippen LogP contribution in [0.25, 0.3) is 17.3 Å². The first-order valence-electron chi connectivity index (χ1n) is 7.21. The Morgan fingerprint density at radius 1 is 1.04 bits per heavy atom. The van der Waals surface area contributed by atoms with Crippen LogP contribution in [0.4, 0.5) is 6.01 Å². The number of hydrogen-bond donors (Lipinski definition) is 0. The summed E-state index contributed by atoms with van der Waals surface area (Å²) < 4.78 is 6.11. The van der Waals surface area contributed by atoms with Gasteiger partial charge in [0.15, 0.2) is 4.67 Å². The minimum absolute atomic E-state index is 0.324. The Morgan fingerprint density at radius 2 is 1.78 bits per heavy atom. The largest absolute Gasteiger partial charge is 0.414 e. The van der Waals surface area contributed by atoms with Gasteiger partial charge in [0, 0.05) is 11.8 Å². The predicted molar refractivity (Wildman–Crippen MR) is 98.0 cm³/mol. The molecule has 3 nitrogen and oxygen atoms in total. The lowest BCUT2D eigenvalue weighted by Crippen LogP contribution is -1.79. The number of benzene rings is 2. The lowest BCUT2D eigenvalue weighted by molar-refractivity contribution is 0.546. The summed E-state index contributed by atoms with van der Waals surface area (Å²) in [4.78, 5) is 8.64. The molecule has 0 fully saturated rings. The van der Waals surface area contributed by atoms with Crippen LogP contribution in [0.2, 0.25) is 0 Å². The van der Waals surface area contributed by atoms with Crippen LogP contribution in [0.5, 0.6) is 0 Å². The second-order valence-corrected chi connectivity index (χ2v) is 5.75. The summed E-state index contributed by atoms with van der Waals surface area (Å²) in [6.45, 7) is 2.05. The van der Waals surface area contributed by atoms with Gasteiger partial charge in [-0.05, 0) is 34.5 Å². The zero-order valence-corrected chi connectivity index (χ0v) is 14.2. The average molecular weight is 367 g/mol. The van der Waals surface area contributed by atoms with Crippen molar-refractivity contribution in [3.05, 3.63) is 76.5 Å². The van der Waals surface area contributed by atoms with Gasteiger partial charge < -0.3 is 4.42 Å². The van der Waals surface area contributed by atoms with Gasteiger partial charge in [0.05, 0.1) is 0 Å². The van der Waals surface area contributed by atoms with Crippen molar-refractivity contribution in [3.8, 4) is 11.3 Å². The van der Waals surface area contributed by atoms with E-state index in [1.165, 1.54) is 5.56 Å². The molecule has 0 radical (unpaired) electrons.